The maximum atomic E-state index is 5.99. The second-order valence-electron chi connectivity index (χ2n) is 6.35. The van der Waals surface area contributed by atoms with Crippen LogP contribution in [0.3, 0.4) is 0 Å². The fourth-order valence-corrected chi connectivity index (χ4v) is 2.90. The lowest BCUT2D eigenvalue weighted by Crippen LogP contribution is -2.37. The second-order valence-corrected chi connectivity index (χ2v) is 6.35. The highest BCUT2D eigenvalue weighted by molar-refractivity contribution is 5.77. The Kier molecular flexibility index (Phi) is 4.65. The number of nitrogens with zero attached hydrogens (tertiary/aromatic N) is 3. The zero-order valence-corrected chi connectivity index (χ0v) is 13.9. The summed E-state index contributed by atoms with van der Waals surface area (Å²) in [5.41, 5.74) is 10.3. The first kappa shape index (κ1) is 15.6. The van der Waals surface area contributed by atoms with E-state index in [0.717, 1.165) is 35.1 Å². The molecule has 1 aliphatic carbocycles. The van der Waals surface area contributed by atoms with E-state index in [2.05, 4.69) is 40.5 Å². The number of guanidine groups is 1. The van der Waals surface area contributed by atoms with Gasteiger partial charge < -0.3 is 11.1 Å². The van der Waals surface area contributed by atoms with Gasteiger partial charge in [-0.1, -0.05) is 24.6 Å². The molecule has 1 fully saturated rings. The number of aliphatic imine (C=N–C) groups is 1. The largest absolute Gasteiger partial charge is 0.370 e. The minimum absolute atomic E-state index is 0.528. The number of para-hydroxylation sites is 1. The van der Waals surface area contributed by atoms with E-state index in [0.29, 0.717) is 12.5 Å². The maximum absolute atomic E-state index is 5.99. The highest BCUT2D eigenvalue weighted by atomic mass is 15.3. The molecule has 1 aliphatic rings. The second kappa shape index (κ2) is 6.86. The summed E-state index contributed by atoms with van der Waals surface area (Å²) in [6.45, 7) is 5.56. The van der Waals surface area contributed by atoms with Crippen LogP contribution < -0.4 is 11.1 Å². The van der Waals surface area contributed by atoms with Crippen LogP contribution in [-0.2, 0) is 6.54 Å². The molecule has 0 aliphatic heterocycles. The first-order valence-electron chi connectivity index (χ1n) is 8.29. The Labute approximate surface area is 137 Å². The number of aryl methyl sites for hydroxylation is 2. The maximum Gasteiger partial charge on any atom is 0.188 e. The van der Waals surface area contributed by atoms with Gasteiger partial charge in [0.05, 0.1) is 17.9 Å². The van der Waals surface area contributed by atoms with E-state index >= 15 is 0 Å². The van der Waals surface area contributed by atoms with Crippen molar-refractivity contribution in [2.24, 2.45) is 16.6 Å². The average molecular weight is 311 g/mol. The Bertz CT molecular complexity index is 697. The molecule has 3 rings (SSSR count). The molecule has 0 amide bonds. The van der Waals surface area contributed by atoms with Crippen LogP contribution in [0.15, 0.2) is 35.3 Å². The fraction of sp³-hybridized carbons (Fsp3) is 0.444. The molecule has 23 heavy (non-hydrogen) atoms. The van der Waals surface area contributed by atoms with Gasteiger partial charge in [0, 0.05) is 12.2 Å². The van der Waals surface area contributed by atoms with Crippen molar-refractivity contribution in [1.82, 2.24) is 15.1 Å². The zero-order chi connectivity index (χ0) is 16.2. The number of aromatic nitrogens is 2. The number of nitrogens with one attached hydrogen (secondary N) is 1. The van der Waals surface area contributed by atoms with Crippen molar-refractivity contribution in [1.29, 1.82) is 0 Å². The van der Waals surface area contributed by atoms with Crippen molar-refractivity contribution in [2.75, 3.05) is 6.54 Å². The van der Waals surface area contributed by atoms with E-state index in [1.165, 1.54) is 19.3 Å². The molecular formula is C18H25N5. The van der Waals surface area contributed by atoms with Crippen molar-refractivity contribution in [2.45, 2.75) is 39.7 Å². The number of hydrogen-bond donors (Lipinski definition) is 2. The minimum atomic E-state index is 0.528. The summed E-state index contributed by atoms with van der Waals surface area (Å²) in [6, 6.07) is 10.3. The third-order valence-corrected chi connectivity index (χ3v) is 4.45. The van der Waals surface area contributed by atoms with E-state index in [9.17, 15) is 0 Å². The molecule has 0 atom stereocenters. The van der Waals surface area contributed by atoms with E-state index < -0.39 is 0 Å². The monoisotopic (exact) mass is 311 g/mol. The van der Waals surface area contributed by atoms with Gasteiger partial charge in [-0.2, -0.15) is 5.10 Å². The standard InChI is InChI=1S/C18H25N5/c1-13-10-14(2)23(22-13)17-9-4-3-8-16(17)12-21-18(19)20-11-15-6-5-7-15/h3-4,8-10,15H,5-7,11-12H2,1-2H3,(H3,19,20,21). The molecule has 0 bridgehead atoms. The van der Waals surface area contributed by atoms with E-state index in [1.807, 2.05) is 23.7 Å². The molecule has 1 aromatic carbocycles. The van der Waals surface area contributed by atoms with Crippen molar-refractivity contribution in [3.05, 3.63) is 47.3 Å². The highest BCUT2D eigenvalue weighted by Crippen LogP contribution is 2.25. The van der Waals surface area contributed by atoms with Gasteiger partial charge in [-0.05, 0) is 50.3 Å². The van der Waals surface area contributed by atoms with Gasteiger partial charge in [-0.3, -0.25) is 0 Å². The normalized spacial score (nSPS) is 15.5. The Balaban J connectivity index is 1.71. The van der Waals surface area contributed by atoms with Gasteiger partial charge in [-0.15, -0.1) is 0 Å². The van der Waals surface area contributed by atoms with Gasteiger partial charge >= 0.3 is 0 Å². The predicted octanol–water partition coefficient (Wildman–Crippen LogP) is 2.69. The van der Waals surface area contributed by atoms with Gasteiger partial charge in [0.1, 0.15) is 0 Å². The molecule has 2 aromatic rings. The van der Waals surface area contributed by atoms with Gasteiger partial charge in [0.25, 0.3) is 0 Å². The molecule has 1 aromatic heterocycles. The highest BCUT2D eigenvalue weighted by Gasteiger charge is 2.16. The number of rotatable bonds is 5. The van der Waals surface area contributed by atoms with Crippen LogP contribution in [-0.4, -0.2) is 22.3 Å². The molecule has 0 radical (unpaired) electrons. The van der Waals surface area contributed by atoms with Crippen LogP contribution in [0.25, 0.3) is 5.69 Å². The summed E-state index contributed by atoms with van der Waals surface area (Å²) in [6.07, 6.45) is 3.96. The van der Waals surface area contributed by atoms with Gasteiger partial charge in [-0.25, -0.2) is 9.67 Å². The predicted molar refractivity (Wildman–Crippen MR) is 93.7 cm³/mol. The van der Waals surface area contributed by atoms with Crippen molar-refractivity contribution < 1.29 is 0 Å². The number of hydrogen-bond acceptors (Lipinski definition) is 2. The van der Waals surface area contributed by atoms with Gasteiger partial charge in [0.2, 0.25) is 0 Å². The van der Waals surface area contributed by atoms with Crippen molar-refractivity contribution >= 4 is 5.96 Å². The van der Waals surface area contributed by atoms with Crippen LogP contribution in [0.2, 0.25) is 0 Å². The first-order valence-corrected chi connectivity index (χ1v) is 8.29. The van der Waals surface area contributed by atoms with Crippen LogP contribution >= 0.6 is 0 Å². The first-order chi connectivity index (χ1) is 11.1. The quantitative estimate of drug-likeness (QED) is 0.659. The fourth-order valence-electron chi connectivity index (χ4n) is 2.90. The molecule has 122 valence electrons. The summed E-state index contributed by atoms with van der Waals surface area (Å²) in [5.74, 6) is 1.30. The smallest absolute Gasteiger partial charge is 0.188 e. The summed E-state index contributed by atoms with van der Waals surface area (Å²) in [5, 5.41) is 7.80. The summed E-state index contributed by atoms with van der Waals surface area (Å²) in [7, 11) is 0. The summed E-state index contributed by atoms with van der Waals surface area (Å²) >= 11 is 0. The topological polar surface area (TPSA) is 68.2 Å². The molecule has 1 heterocycles. The Morgan fingerprint density at radius 3 is 2.78 bits per heavy atom. The third kappa shape index (κ3) is 3.73. The van der Waals surface area contributed by atoms with Crippen LogP contribution in [0.5, 0.6) is 0 Å². The lowest BCUT2D eigenvalue weighted by atomic mass is 9.85. The van der Waals surface area contributed by atoms with Crippen LogP contribution in [0.4, 0.5) is 0 Å². The van der Waals surface area contributed by atoms with Gasteiger partial charge in [0.15, 0.2) is 5.96 Å². The Morgan fingerprint density at radius 1 is 1.35 bits per heavy atom. The molecule has 0 spiro atoms. The SMILES string of the molecule is Cc1cc(C)n(-c2ccccc2CN=C(N)NCC2CCC2)n1. The van der Waals surface area contributed by atoms with E-state index in [4.69, 9.17) is 5.73 Å². The zero-order valence-electron chi connectivity index (χ0n) is 13.9. The van der Waals surface area contributed by atoms with Crippen LogP contribution in [0, 0.1) is 19.8 Å². The molecule has 5 nitrogen and oxygen atoms in total. The molecule has 1 saturated carbocycles. The average Bonchev–Trinajstić information content (AvgIpc) is 2.82. The minimum Gasteiger partial charge on any atom is -0.370 e. The Hall–Kier alpha value is -2.30. The van der Waals surface area contributed by atoms with Crippen LogP contribution in [0.1, 0.15) is 36.2 Å². The number of benzene rings is 1. The lowest BCUT2D eigenvalue weighted by Gasteiger charge is -2.25. The third-order valence-electron chi connectivity index (χ3n) is 4.45. The molecular weight excluding hydrogens is 286 g/mol. The molecule has 0 unspecified atom stereocenters. The molecule has 5 heteroatoms. The summed E-state index contributed by atoms with van der Waals surface area (Å²) in [4.78, 5) is 4.49. The van der Waals surface area contributed by atoms with E-state index in [-0.39, 0.29) is 0 Å². The number of nitrogens with two attached hydrogens (primary N) is 1. The Morgan fingerprint density at radius 2 is 2.13 bits per heavy atom. The van der Waals surface area contributed by atoms with E-state index in [1.54, 1.807) is 0 Å². The molecule has 3 N–H and O–H groups in total. The van der Waals surface area contributed by atoms with Crippen molar-refractivity contribution in [3.8, 4) is 5.69 Å². The lowest BCUT2D eigenvalue weighted by molar-refractivity contribution is 0.315. The summed E-state index contributed by atoms with van der Waals surface area (Å²) < 4.78 is 1.97. The van der Waals surface area contributed by atoms with Crippen molar-refractivity contribution in [3.63, 3.8) is 0 Å². The molecule has 0 saturated heterocycles.